The molecule has 2 aromatic carbocycles. The third-order valence-electron chi connectivity index (χ3n) is 7.67. The maximum atomic E-state index is 10.8. The minimum atomic E-state index is -0.698. The largest absolute Gasteiger partial charge is 0.504 e. The standard InChI is InChI=1S/2C15H19NO4/c2*17-13-3-1-2-12(14(13)18)9-16-8-10-4-6-11(7-5-10)15(19)20/h2*1-3,9-11,17-18H,4-8H2,(H,19,20). The van der Waals surface area contributed by atoms with Crippen LogP contribution in [0.4, 0.5) is 0 Å². The molecule has 10 heteroatoms. The van der Waals surface area contributed by atoms with E-state index in [2.05, 4.69) is 9.98 Å². The molecule has 0 heterocycles. The molecule has 0 aromatic heterocycles. The number of nitrogens with zero attached hydrogens (tertiary/aromatic N) is 2. The van der Waals surface area contributed by atoms with Gasteiger partial charge in [0.1, 0.15) is 0 Å². The summed E-state index contributed by atoms with van der Waals surface area (Å²) < 4.78 is 0. The van der Waals surface area contributed by atoms with E-state index < -0.39 is 11.9 Å². The Hall–Kier alpha value is -4.08. The first-order valence-corrected chi connectivity index (χ1v) is 13.6. The number of rotatable bonds is 8. The van der Waals surface area contributed by atoms with E-state index in [4.69, 9.17) is 10.2 Å². The molecule has 6 N–H and O–H groups in total. The van der Waals surface area contributed by atoms with Crippen LogP contribution in [0.2, 0.25) is 0 Å². The molecule has 0 atom stereocenters. The summed E-state index contributed by atoms with van der Waals surface area (Å²) in [5.41, 5.74) is 0.980. The van der Waals surface area contributed by atoms with E-state index in [0.717, 1.165) is 25.7 Å². The molecule has 0 amide bonds. The molecule has 0 aliphatic heterocycles. The predicted octanol–water partition coefficient (Wildman–Crippen LogP) is 4.82. The molecule has 2 aliphatic carbocycles. The Morgan fingerprint density at radius 3 is 1.30 bits per heavy atom. The van der Waals surface area contributed by atoms with Crippen LogP contribution in [0.1, 0.15) is 62.5 Å². The summed E-state index contributed by atoms with van der Waals surface area (Å²) in [6.07, 6.45) is 9.47. The van der Waals surface area contributed by atoms with Gasteiger partial charge < -0.3 is 30.6 Å². The first kappa shape index (κ1) is 30.5. The molecule has 2 saturated carbocycles. The van der Waals surface area contributed by atoms with Crippen LogP contribution in [0.5, 0.6) is 23.0 Å². The van der Waals surface area contributed by atoms with Crippen molar-refractivity contribution in [2.75, 3.05) is 13.1 Å². The second-order valence-electron chi connectivity index (χ2n) is 10.5. The van der Waals surface area contributed by atoms with Crippen LogP contribution in [0.25, 0.3) is 0 Å². The summed E-state index contributed by atoms with van der Waals surface area (Å²) in [6, 6.07) is 9.49. The zero-order chi connectivity index (χ0) is 29.1. The van der Waals surface area contributed by atoms with Crippen molar-refractivity contribution in [3.05, 3.63) is 47.5 Å². The maximum absolute atomic E-state index is 10.8. The highest BCUT2D eigenvalue weighted by molar-refractivity contribution is 5.85. The van der Waals surface area contributed by atoms with E-state index in [9.17, 15) is 30.0 Å². The van der Waals surface area contributed by atoms with Crippen LogP contribution in [-0.2, 0) is 9.59 Å². The minimum Gasteiger partial charge on any atom is -0.504 e. The van der Waals surface area contributed by atoms with E-state index >= 15 is 0 Å². The van der Waals surface area contributed by atoms with Gasteiger partial charge >= 0.3 is 11.9 Å². The number of benzene rings is 2. The molecule has 0 saturated heterocycles. The molecule has 0 bridgehead atoms. The van der Waals surface area contributed by atoms with E-state index in [-0.39, 0.29) is 34.8 Å². The Kier molecular flexibility index (Phi) is 11.4. The van der Waals surface area contributed by atoms with E-state index in [1.54, 1.807) is 36.7 Å². The molecule has 40 heavy (non-hydrogen) atoms. The molecular weight excluding hydrogens is 516 g/mol. The summed E-state index contributed by atoms with van der Waals surface area (Å²) in [7, 11) is 0. The van der Waals surface area contributed by atoms with Gasteiger partial charge in [0.25, 0.3) is 0 Å². The second-order valence-corrected chi connectivity index (χ2v) is 10.5. The third kappa shape index (κ3) is 9.00. The zero-order valence-electron chi connectivity index (χ0n) is 22.4. The Labute approximate surface area is 233 Å². The molecule has 10 nitrogen and oxygen atoms in total. The number of hydrogen-bond acceptors (Lipinski definition) is 8. The first-order valence-electron chi connectivity index (χ1n) is 13.6. The number of carboxylic acids is 2. The molecule has 2 aliphatic rings. The lowest BCUT2D eigenvalue weighted by Crippen LogP contribution is -2.22. The van der Waals surface area contributed by atoms with Crippen molar-refractivity contribution in [1.82, 2.24) is 0 Å². The number of para-hydroxylation sites is 2. The van der Waals surface area contributed by atoms with Gasteiger partial charge in [-0.15, -0.1) is 0 Å². The molecular formula is C30H38N2O8. The monoisotopic (exact) mass is 554 g/mol. The SMILES string of the molecule is O=C(O)C1CCC(CN=Cc2cccc(O)c2O)CC1.O=C(O)C1CCC(CN=Cc2cccc(O)c2O)CC1. The van der Waals surface area contributed by atoms with Gasteiger partial charge in [-0.1, -0.05) is 12.1 Å². The van der Waals surface area contributed by atoms with Gasteiger partial charge in [-0.2, -0.15) is 0 Å². The van der Waals surface area contributed by atoms with Crippen LogP contribution in [0, 0.1) is 23.7 Å². The molecule has 2 aromatic rings. The van der Waals surface area contributed by atoms with E-state index in [1.807, 2.05) is 0 Å². The second kappa shape index (κ2) is 14.9. The number of phenolic OH excluding ortho intramolecular Hbond substituents is 4. The highest BCUT2D eigenvalue weighted by Crippen LogP contribution is 2.31. The van der Waals surface area contributed by atoms with Crippen molar-refractivity contribution in [2.45, 2.75) is 51.4 Å². The Bertz CT molecular complexity index is 1100. The number of aliphatic carboxylic acids is 2. The smallest absolute Gasteiger partial charge is 0.306 e. The van der Waals surface area contributed by atoms with Crippen LogP contribution in [0.15, 0.2) is 46.4 Å². The summed E-state index contributed by atoms with van der Waals surface area (Å²) in [5, 5.41) is 55.8. The quantitative estimate of drug-likeness (QED) is 0.198. The van der Waals surface area contributed by atoms with Gasteiger partial charge in [0.15, 0.2) is 23.0 Å². The van der Waals surface area contributed by atoms with Crippen molar-refractivity contribution >= 4 is 24.4 Å². The van der Waals surface area contributed by atoms with Gasteiger partial charge in [-0.05, 0) is 87.5 Å². The lowest BCUT2D eigenvalue weighted by atomic mass is 9.82. The van der Waals surface area contributed by atoms with Crippen LogP contribution in [-0.4, -0.2) is 68.1 Å². The number of aromatic hydroxyl groups is 4. The topological polar surface area (TPSA) is 180 Å². The van der Waals surface area contributed by atoms with Crippen molar-refractivity contribution in [2.24, 2.45) is 33.7 Å². The Balaban J connectivity index is 0.000000220. The number of hydrogen-bond donors (Lipinski definition) is 6. The van der Waals surface area contributed by atoms with Crippen molar-refractivity contribution in [1.29, 1.82) is 0 Å². The van der Waals surface area contributed by atoms with Crippen molar-refractivity contribution < 1.29 is 40.2 Å². The normalized spacial score (nSPS) is 23.0. The molecule has 0 unspecified atom stereocenters. The lowest BCUT2D eigenvalue weighted by Gasteiger charge is -2.24. The van der Waals surface area contributed by atoms with Crippen LogP contribution < -0.4 is 0 Å². The lowest BCUT2D eigenvalue weighted by molar-refractivity contribution is -0.144. The van der Waals surface area contributed by atoms with Crippen LogP contribution >= 0.6 is 0 Å². The summed E-state index contributed by atoms with van der Waals surface area (Å²) in [4.78, 5) is 30.3. The molecule has 0 radical (unpaired) electrons. The van der Waals surface area contributed by atoms with E-state index in [0.29, 0.717) is 61.7 Å². The molecule has 216 valence electrons. The fraction of sp³-hybridized carbons (Fsp3) is 0.467. The fourth-order valence-electron chi connectivity index (χ4n) is 5.09. The average Bonchev–Trinajstić information content (AvgIpc) is 2.94. The van der Waals surface area contributed by atoms with Gasteiger partial charge in [0, 0.05) is 36.6 Å². The number of carbonyl (C=O) groups is 2. The Morgan fingerprint density at radius 1 is 0.625 bits per heavy atom. The summed E-state index contributed by atoms with van der Waals surface area (Å²) >= 11 is 0. The number of phenols is 4. The minimum absolute atomic E-state index is 0.157. The average molecular weight is 555 g/mol. The van der Waals surface area contributed by atoms with Crippen molar-refractivity contribution in [3.8, 4) is 23.0 Å². The highest BCUT2D eigenvalue weighted by Gasteiger charge is 2.26. The Morgan fingerprint density at radius 2 is 0.975 bits per heavy atom. The van der Waals surface area contributed by atoms with Gasteiger partial charge in [-0.25, -0.2) is 0 Å². The van der Waals surface area contributed by atoms with E-state index in [1.165, 1.54) is 12.1 Å². The fourth-order valence-corrected chi connectivity index (χ4v) is 5.09. The molecule has 4 rings (SSSR count). The van der Waals surface area contributed by atoms with Gasteiger partial charge in [0.2, 0.25) is 0 Å². The van der Waals surface area contributed by atoms with Crippen LogP contribution in [0.3, 0.4) is 0 Å². The van der Waals surface area contributed by atoms with Gasteiger partial charge in [-0.3, -0.25) is 19.6 Å². The van der Waals surface area contributed by atoms with Crippen molar-refractivity contribution in [3.63, 3.8) is 0 Å². The maximum Gasteiger partial charge on any atom is 0.306 e. The zero-order valence-corrected chi connectivity index (χ0v) is 22.4. The highest BCUT2D eigenvalue weighted by atomic mass is 16.4. The number of carboxylic acid groups (broad SMARTS) is 2. The first-order chi connectivity index (χ1) is 19.2. The number of aliphatic imine (C=N–C) groups is 2. The molecule has 0 spiro atoms. The van der Waals surface area contributed by atoms with Gasteiger partial charge in [0.05, 0.1) is 11.8 Å². The summed E-state index contributed by atoms with van der Waals surface area (Å²) in [5.74, 6) is -1.63. The molecule has 2 fully saturated rings. The summed E-state index contributed by atoms with van der Waals surface area (Å²) in [6.45, 7) is 1.25. The third-order valence-corrected chi connectivity index (χ3v) is 7.67. The predicted molar refractivity (Wildman–Crippen MR) is 151 cm³/mol.